The molecule has 0 spiro atoms. The van der Waals surface area contributed by atoms with Gasteiger partial charge in [0.2, 0.25) is 0 Å². The molecule has 3 aromatic carbocycles. The van der Waals surface area contributed by atoms with Crippen LogP contribution in [-0.2, 0) is 6.18 Å². The van der Waals surface area contributed by atoms with Crippen LogP contribution in [0.4, 0.5) is 30.2 Å². The van der Waals surface area contributed by atoms with E-state index in [1.54, 1.807) is 48.5 Å². The molecular formula is C21H19Cl2F3N6O. The Bertz CT molecular complexity index is 1160. The molecule has 7 N–H and O–H groups in total. The number of hydrogen-bond acceptors (Lipinski definition) is 3. The maximum Gasteiger partial charge on any atom is 0.417 e. The molecule has 3 aromatic rings. The number of anilines is 1. The molecule has 0 saturated carbocycles. The second-order valence-corrected chi connectivity index (χ2v) is 6.85. The van der Waals surface area contributed by atoms with Crippen molar-refractivity contribution in [1.29, 1.82) is 0 Å². The zero-order valence-electron chi connectivity index (χ0n) is 16.8. The predicted octanol–water partition coefficient (Wildman–Crippen LogP) is 5.54. The molecule has 0 aliphatic rings. The molecule has 0 bridgehead atoms. The van der Waals surface area contributed by atoms with Gasteiger partial charge >= 0.3 is 6.18 Å². The summed E-state index contributed by atoms with van der Waals surface area (Å²) in [6, 6.07) is 16.8. The first-order chi connectivity index (χ1) is 15.1. The van der Waals surface area contributed by atoms with Crippen LogP contribution >= 0.6 is 24.0 Å². The molecule has 0 atom stereocenters. The Balaban J connectivity index is 0.00000385. The van der Waals surface area contributed by atoms with E-state index in [0.717, 1.165) is 12.1 Å². The van der Waals surface area contributed by atoms with Crippen LogP contribution in [0.3, 0.4) is 0 Å². The smallest absolute Gasteiger partial charge is 0.417 e. The zero-order valence-corrected chi connectivity index (χ0v) is 18.4. The molecule has 0 aliphatic heterocycles. The predicted molar refractivity (Wildman–Crippen MR) is 127 cm³/mol. The van der Waals surface area contributed by atoms with Crippen molar-refractivity contribution in [2.75, 3.05) is 5.32 Å². The zero-order chi connectivity index (χ0) is 23.3. The Morgan fingerprint density at radius 3 is 2.15 bits per heavy atom. The first-order valence-electron chi connectivity index (χ1n) is 9.06. The average molecular weight is 499 g/mol. The van der Waals surface area contributed by atoms with E-state index in [1.807, 2.05) is 0 Å². The van der Waals surface area contributed by atoms with Gasteiger partial charge in [-0.05, 0) is 54.6 Å². The van der Waals surface area contributed by atoms with Crippen LogP contribution in [0.5, 0.6) is 11.5 Å². The van der Waals surface area contributed by atoms with Crippen molar-refractivity contribution >= 4 is 53.0 Å². The second kappa shape index (κ2) is 10.8. The molecular weight excluding hydrogens is 480 g/mol. The van der Waals surface area contributed by atoms with E-state index in [-0.39, 0.29) is 30.0 Å². The maximum absolute atomic E-state index is 13.0. The third kappa shape index (κ3) is 7.48. The molecule has 0 fully saturated rings. The summed E-state index contributed by atoms with van der Waals surface area (Å²) in [6.45, 7) is 0. The standard InChI is InChI=1S/C21H18ClF3N6O.ClH/c22-18-9-6-14(11-17(18)21(23,24)25)31-20(28)30-13-2-1-3-16(10-13)32-15-7-4-12(5-8-15)29-19(26)27;/h1-11H,(H4,26,27,29)(H3,28,30,31);1H. The van der Waals surface area contributed by atoms with Crippen molar-refractivity contribution in [1.82, 2.24) is 0 Å². The van der Waals surface area contributed by atoms with Crippen LogP contribution in [0.2, 0.25) is 5.02 Å². The van der Waals surface area contributed by atoms with Crippen molar-refractivity contribution in [3.05, 3.63) is 77.3 Å². The third-order valence-corrected chi connectivity index (χ3v) is 4.27. The van der Waals surface area contributed by atoms with Gasteiger partial charge in [0.05, 0.1) is 22.0 Å². The highest BCUT2D eigenvalue weighted by Crippen LogP contribution is 2.36. The second-order valence-electron chi connectivity index (χ2n) is 6.44. The number of nitrogens with two attached hydrogens (primary N) is 3. The third-order valence-electron chi connectivity index (χ3n) is 3.94. The molecule has 0 radical (unpaired) electrons. The van der Waals surface area contributed by atoms with E-state index < -0.39 is 16.8 Å². The number of rotatable bonds is 5. The van der Waals surface area contributed by atoms with Gasteiger partial charge in [0.25, 0.3) is 0 Å². The molecule has 7 nitrogen and oxygen atoms in total. The summed E-state index contributed by atoms with van der Waals surface area (Å²) in [5.41, 5.74) is 16.6. The largest absolute Gasteiger partial charge is 0.457 e. The summed E-state index contributed by atoms with van der Waals surface area (Å²) >= 11 is 5.62. The average Bonchev–Trinajstić information content (AvgIpc) is 2.70. The Labute approximate surface area is 198 Å². The topological polar surface area (TPSA) is 124 Å². The number of halogens is 5. The highest BCUT2D eigenvalue weighted by atomic mass is 35.5. The Morgan fingerprint density at radius 1 is 0.848 bits per heavy atom. The number of nitrogens with one attached hydrogen (secondary N) is 1. The van der Waals surface area contributed by atoms with E-state index in [1.165, 1.54) is 6.07 Å². The molecule has 0 saturated heterocycles. The summed E-state index contributed by atoms with van der Waals surface area (Å²) in [5, 5.41) is 2.39. The minimum atomic E-state index is -4.60. The molecule has 0 amide bonds. The number of hydrogen-bond donors (Lipinski definition) is 4. The molecule has 0 heterocycles. The first-order valence-corrected chi connectivity index (χ1v) is 9.43. The van der Waals surface area contributed by atoms with Gasteiger partial charge in [-0.25, -0.2) is 9.98 Å². The first kappa shape index (κ1) is 25.6. The fourth-order valence-electron chi connectivity index (χ4n) is 2.63. The van der Waals surface area contributed by atoms with Crippen LogP contribution in [0.25, 0.3) is 0 Å². The van der Waals surface area contributed by atoms with Gasteiger partial charge in [-0.2, -0.15) is 13.2 Å². The van der Waals surface area contributed by atoms with E-state index in [9.17, 15) is 13.2 Å². The molecule has 0 aliphatic carbocycles. The molecule has 12 heteroatoms. The quantitative estimate of drug-likeness (QED) is 0.271. The molecule has 0 unspecified atom stereocenters. The number of aliphatic imine (C=N–C) groups is 2. The van der Waals surface area contributed by atoms with Gasteiger partial charge in [-0.3, -0.25) is 0 Å². The SMILES string of the molecule is Cl.NC(N)=Nc1ccc(Oc2cccc(NC(N)=Nc3ccc(Cl)c(C(F)(F)F)c3)c2)cc1. The van der Waals surface area contributed by atoms with Crippen molar-refractivity contribution in [2.45, 2.75) is 6.18 Å². The lowest BCUT2D eigenvalue weighted by molar-refractivity contribution is -0.137. The molecule has 0 aromatic heterocycles. The molecule has 33 heavy (non-hydrogen) atoms. The fourth-order valence-corrected chi connectivity index (χ4v) is 2.85. The number of nitrogens with zero attached hydrogens (tertiary/aromatic N) is 2. The van der Waals surface area contributed by atoms with Gasteiger partial charge in [0.1, 0.15) is 11.5 Å². The summed E-state index contributed by atoms with van der Waals surface area (Å²) in [5.74, 6) is 0.867. The lowest BCUT2D eigenvalue weighted by Gasteiger charge is -2.11. The summed E-state index contributed by atoms with van der Waals surface area (Å²) in [7, 11) is 0. The molecule has 174 valence electrons. The Kier molecular flexibility index (Phi) is 8.38. The lowest BCUT2D eigenvalue weighted by atomic mass is 10.2. The summed E-state index contributed by atoms with van der Waals surface area (Å²) in [6.07, 6.45) is -4.60. The van der Waals surface area contributed by atoms with Gasteiger partial charge in [-0.15, -0.1) is 12.4 Å². The Morgan fingerprint density at radius 2 is 1.52 bits per heavy atom. The number of benzene rings is 3. The van der Waals surface area contributed by atoms with Crippen molar-refractivity contribution in [2.24, 2.45) is 27.2 Å². The Hall–Kier alpha value is -3.63. The number of ether oxygens (including phenoxy) is 1. The number of guanidine groups is 2. The van der Waals surface area contributed by atoms with Gasteiger partial charge in [0, 0.05) is 11.8 Å². The lowest BCUT2D eigenvalue weighted by Crippen LogP contribution is -2.22. The van der Waals surface area contributed by atoms with E-state index in [2.05, 4.69) is 15.3 Å². The van der Waals surface area contributed by atoms with Gasteiger partial charge in [0.15, 0.2) is 11.9 Å². The van der Waals surface area contributed by atoms with E-state index >= 15 is 0 Å². The minimum absolute atomic E-state index is 0. The van der Waals surface area contributed by atoms with Crippen LogP contribution in [0.15, 0.2) is 76.7 Å². The van der Waals surface area contributed by atoms with Crippen LogP contribution in [-0.4, -0.2) is 11.9 Å². The maximum atomic E-state index is 13.0. The monoisotopic (exact) mass is 498 g/mol. The van der Waals surface area contributed by atoms with Gasteiger partial charge in [-0.1, -0.05) is 17.7 Å². The summed E-state index contributed by atoms with van der Waals surface area (Å²) < 4.78 is 44.8. The molecule has 3 rings (SSSR count). The van der Waals surface area contributed by atoms with Crippen LogP contribution in [0, 0.1) is 0 Å². The number of alkyl halides is 3. The van der Waals surface area contributed by atoms with Crippen LogP contribution in [0.1, 0.15) is 5.56 Å². The highest BCUT2D eigenvalue weighted by molar-refractivity contribution is 6.31. The van der Waals surface area contributed by atoms with Crippen LogP contribution < -0.4 is 27.3 Å². The summed E-state index contributed by atoms with van der Waals surface area (Å²) in [4.78, 5) is 7.89. The van der Waals surface area contributed by atoms with Crippen molar-refractivity contribution < 1.29 is 17.9 Å². The van der Waals surface area contributed by atoms with Gasteiger partial charge < -0.3 is 27.3 Å². The highest BCUT2D eigenvalue weighted by Gasteiger charge is 2.33. The van der Waals surface area contributed by atoms with Crippen molar-refractivity contribution in [3.63, 3.8) is 0 Å². The normalized spacial score (nSPS) is 11.3. The van der Waals surface area contributed by atoms with E-state index in [4.69, 9.17) is 33.5 Å². The van der Waals surface area contributed by atoms with E-state index in [0.29, 0.717) is 22.9 Å². The van der Waals surface area contributed by atoms with Crippen molar-refractivity contribution in [3.8, 4) is 11.5 Å². The minimum Gasteiger partial charge on any atom is -0.457 e. The fraction of sp³-hybridized carbons (Fsp3) is 0.0476.